The van der Waals surface area contributed by atoms with Gasteiger partial charge in [-0.05, 0) is 112 Å². The van der Waals surface area contributed by atoms with Crippen LogP contribution in [0.1, 0.15) is 56.6 Å². The number of benzene rings is 3. The van der Waals surface area contributed by atoms with E-state index in [0.717, 1.165) is 43.3 Å². The standard InChI is InChI=1S/C23H19NO2.C9H11F6NO.C7H17N.CH5N/c1-15-13-24-14-22-17(15)6-3-10-21(22)20-9-4-7-18-16(11-12-23(25)26)5-2-8-19(18)20;10-8(11,12)5-16-3-1-7(6-17,2-4-16)9(13,14)15;1-4-5-6-7-8(2)3;1-2/h2-10,13-14H,11-12H2,1H3,(H,25,26);6H,1-5H2;4-7H2,1-3H3;2H2,1H3. The predicted molar refractivity (Wildman–Crippen MR) is 200 cm³/mol. The van der Waals surface area contributed by atoms with Gasteiger partial charge in [0.25, 0.3) is 0 Å². The fourth-order valence-corrected chi connectivity index (χ4v) is 6.16. The van der Waals surface area contributed by atoms with Crippen molar-refractivity contribution in [3.8, 4) is 11.1 Å². The number of halogens is 6. The van der Waals surface area contributed by atoms with Crippen LogP contribution in [0.3, 0.4) is 0 Å². The molecule has 7 nitrogen and oxygen atoms in total. The van der Waals surface area contributed by atoms with Crippen molar-refractivity contribution in [1.29, 1.82) is 0 Å². The molecule has 0 bridgehead atoms. The molecule has 1 fully saturated rings. The Balaban J connectivity index is 0.000000310. The summed E-state index contributed by atoms with van der Waals surface area (Å²) in [5.74, 6) is -0.770. The number of likely N-dealkylation sites (tertiary alicyclic amines) is 1. The highest BCUT2D eigenvalue weighted by Crippen LogP contribution is 2.45. The van der Waals surface area contributed by atoms with Crippen molar-refractivity contribution in [3.05, 3.63) is 78.1 Å². The maximum Gasteiger partial charge on any atom is 0.401 e. The molecule has 4 aromatic rings. The van der Waals surface area contributed by atoms with Crippen LogP contribution in [-0.2, 0) is 16.0 Å². The number of carbonyl (C=O) groups is 2. The third kappa shape index (κ3) is 13.4. The van der Waals surface area contributed by atoms with E-state index >= 15 is 0 Å². The Morgan fingerprint density at radius 2 is 1.45 bits per heavy atom. The molecule has 5 rings (SSSR count). The molecule has 1 aliphatic rings. The molecule has 1 saturated heterocycles. The van der Waals surface area contributed by atoms with E-state index < -0.39 is 43.1 Å². The third-order valence-corrected chi connectivity index (χ3v) is 9.06. The van der Waals surface area contributed by atoms with Crippen molar-refractivity contribution in [2.45, 2.75) is 71.1 Å². The Kier molecular flexibility index (Phi) is 17.9. The largest absolute Gasteiger partial charge is 0.481 e. The van der Waals surface area contributed by atoms with Crippen LogP contribution in [0.5, 0.6) is 0 Å². The Morgan fingerprint density at radius 3 is 1.98 bits per heavy atom. The number of nitrogens with zero attached hydrogens (tertiary/aromatic N) is 3. The van der Waals surface area contributed by atoms with E-state index in [1.807, 2.05) is 30.6 Å². The van der Waals surface area contributed by atoms with E-state index in [0.29, 0.717) is 6.42 Å². The molecule has 0 amide bonds. The summed E-state index contributed by atoms with van der Waals surface area (Å²) >= 11 is 0. The topological polar surface area (TPSA) is 99.8 Å². The number of unbranched alkanes of at least 4 members (excludes halogenated alkanes) is 2. The summed E-state index contributed by atoms with van der Waals surface area (Å²) in [7, 11) is 5.74. The molecule has 3 aromatic carbocycles. The molecule has 1 aromatic heterocycles. The first kappa shape index (κ1) is 45.1. The number of fused-ring (bicyclic) bond motifs is 2. The molecule has 0 radical (unpaired) electrons. The summed E-state index contributed by atoms with van der Waals surface area (Å²) < 4.78 is 73.8. The molecule has 0 spiro atoms. The molecule has 53 heavy (non-hydrogen) atoms. The van der Waals surface area contributed by atoms with Crippen molar-refractivity contribution < 1.29 is 41.0 Å². The first-order chi connectivity index (χ1) is 25.0. The molecule has 0 atom stereocenters. The molecule has 2 heterocycles. The maximum atomic E-state index is 12.6. The lowest BCUT2D eigenvalue weighted by atomic mass is 9.79. The van der Waals surface area contributed by atoms with E-state index in [9.17, 15) is 35.9 Å². The van der Waals surface area contributed by atoms with Gasteiger partial charge in [0.2, 0.25) is 0 Å². The number of aromatic nitrogens is 1. The number of carboxylic acids is 1. The molecule has 3 N–H and O–H groups in total. The zero-order valence-electron chi connectivity index (χ0n) is 31.2. The van der Waals surface area contributed by atoms with E-state index in [-0.39, 0.29) is 25.8 Å². The molecular formula is C40H52F6N4O3. The second-order valence-electron chi connectivity index (χ2n) is 13.2. The number of pyridine rings is 1. The predicted octanol–water partition coefficient (Wildman–Crippen LogP) is 9.09. The van der Waals surface area contributed by atoms with Crippen molar-refractivity contribution in [3.63, 3.8) is 0 Å². The summed E-state index contributed by atoms with van der Waals surface area (Å²) in [5.41, 5.74) is 6.56. The van der Waals surface area contributed by atoms with Gasteiger partial charge in [0.1, 0.15) is 11.7 Å². The normalized spacial score (nSPS) is 14.4. The number of aliphatic carboxylic acids is 1. The van der Waals surface area contributed by atoms with E-state index in [1.54, 1.807) is 0 Å². The van der Waals surface area contributed by atoms with Gasteiger partial charge in [-0.15, -0.1) is 0 Å². The van der Waals surface area contributed by atoms with Crippen LogP contribution in [0, 0.1) is 12.3 Å². The van der Waals surface area contributed by atoms with Crippen molar-refractivity contribution in [1.82, 2.24) is 14.8 Å². The minimum Gasteiger partial charge on any atom is -0.481 e. The Morgan fingerprint density at radius 1 is 0.887 bits per heavy atom. The number of rotatable bonds is 10. The molecule has 1 aliphatic heterocycles. The lowest BCUT2D eigenvalue weighted by molar-refractivity contribution is -0.228. The van der Waals surface area contributed by atoms with Crippen molar-refractivity contribution >= 4 is 33.8 Å². The first-order valence-electron chi connectivity index (χ1n) is 17.6. The molecule has 0 aliphatic carbocycles. The van der Waals surface area contributed by atoms with E-state index in [4.69, 9.17) is 5.11 Å². The zero-order chi connectivity index (χ0) is 39.8. The summed E-state index contributed by atoms with van der Waals surface area (Å²) in [6, 6.07) is 18.7. The molecular weight excluding hydrogens is 698 g/mol. The summed E-state index contributed by atoms with van der Waals surface area (Å²) in [4.78, 5) is 29.0. The van der Waals surface area contributed by atoms with Gasteiger partial charge in [-0.25, -0.2) is 0 Å². The molecule has 292 valence electrons. The number of carbonyl (C=O) groups excluding carboxylic acids is 1. The Bertz CT molecular complexity index is 1740. The average Bonchev–Trinajstić information content (AvgIpc) is 3.11. The molecule has 0 unspecified atom stereocenters. The van der Waals surface area contributed by atoms with Gasteiger partial charge in [0, 0.05) is 24.2 Å². The van der Waals surface area contributed by atoms with Crippen LogP contribution in [0.2, 0.25) is 0 Å². The minimum absolute atomic E-state index is 0.140. The van der Waals surface area contributed by atoms with Crippen LogP contribution in [-0.4, -0.2) is 91.8 Å². The van der Waals surface area contributed by atoms with Gasteiger partial charge in [0.15, 0.2) is 0 Å². The Hall–Kier alpha value is -4.07. The van der Waals surface area contributed by atoms with Crippen molar-refractivity contribution in [2.75, 3.05) is 47.3 Å². The summed E-state index contributed by atoms with van der Waals surface area (Å²) in [5, 5.41) is 13.6. The molecule has 0 saturated carbocycles. The highest BCUT2D eigenvalue weighted by Gasteiger charge is 2.56. The number of carboxylic acid groups (broad SMARTS) is 1. The maximum absolute atomic E-state index is 12.6. The summed E-state index contributed by atoms with van der Waals surface area (Å²) in [6.45, 7) is 3.56. The fourth-order valence-electron chi connectivity index (χ4n) is 6.16. The number of alkyl halides is 6. The average molecular weight is 751 g/mol. The number of nitrogens with two attached hydrogens (primary N) is 1. The number of hydrogen-bond acceptors (Lipinski definition) is 6. The lowest BCUT2D eigenvalue weighted by Crippen LogP contribution is -2.50. The molecule has 13 heteroatoms. The van der Waals surface area contributed by atoms with Gasteiger partial charge in [-0.2, -0.15) is 26.3 Å². The second kappa shape index (κ2) is 21.0. The van der Waals surface area contributed by atoms with Crippen LogP contribution in [0.15, 0.2) is 67.0 Å². The third-order valence-electron chi connectivity index (χ3n) is 9.06. The highest BCUT2D eigenvalue weighted by atomic mass is 19.4. The second-order valence-corrected chi connectivity index (χ2v) is 13.2. The van der Waals surface area contributed by atoms with Gasteiger partial charge >= 0.3 is 18.3 Å². The van der Waals surface area contributed by atoms with Gasteiger partial charge in [-0.3, -0.25) is 14.7 Å². The first-order valence-corrected chi connectivity index (χ1v) is 17.6. The van der Waals surface area contributed by atoms with Gasteiger partial charge in [0.05, 0.1) is 6.54 Å². The van der Waals surface area contributed by atoms with Crippen molar-refractivity contribution in [2.24, 2.45) is 11.1 Å². The van der Waals surface area contributed by atoms with E-state index in [2.05, 4.69) is 80.0 Å². The van der Waals surface area contributed by atoms with Crippen LogP contribution >= 0.6 is 0 Å². The quantitative estimate of drug-likeness (QED) is 0.0948. The van der Waals surface area contributed by atoms with Crippen LogP contribution in [0.25, 0.3) is 32.7 Å². The monoisotopic (exact) mass is 750 g/mol. The number of piperidine rings is 1. The van der Waals surface area contributed by atoms with Crippen LogP contribution < -0.4 is 5.73 Å². The minimum atomic E-state index is -4.70. The zero-order valence-corrected chi connectivity index (χ0v) is 31.2. The smallest absolute Gasteiger partial charge is 0.401 e. The van der Waals surface area contributed by atoms with Gasteiger partial charge in [-0.1, -0.05) is 74.4 Å². The highest BCUT2D eigenvalue weighted by molar-refractivity contribution is 6.06. The SMILES string of the molecule is CCCCCN(C)C.CN.Cc1cncc2c(-c3cccc4c(CCC(=O)O)cccc34)cccc12.O=CC1(C(F)(F)F)CCN(CC(F)(F)F)CC1. The fraction of sp³-hybridized carbons (Fsp3) is 0.475. The van der Waals surface area contributed by atoms with Gasteiger partial charge < -0.3 is 20.5 Å². The number of hydrogen-bond donors (Lipinski definition) is 2. The van der Waals surface area contributed by atoms with E-state index in [1.165, 1.54) is 38.2 Å². The lowest BCUT2D eigenvalue weighted by Gasteiger charge is -2.39. The number of aldehydes is 1. The number of aryl methyl sites for hydroxylation is 2. The Labute approximate surface area is 308 Å². The van der Waals surface area contributed by atoms with Crippen LogP contribution in [0.4, 0.5) is 26.3 Å². The summed E-state index contributed by atoms with van der Waals surface area (Å²) in [6.07, 6.45) is -2.00.